The average Bonchev–Trinajstić information content (AvgIpc) is 3.12. The van der Waals surface area contributed by atoms with E-state index in [4.69, 9.17) is 0 Å². The monoisotopic (exact) mass is 314 g/mol. The fourth-order valence-electron chi connectivity index (χ4n) is 3.53. The molecule has 0 bridgehead atoms. The van der Waals surface area contributed by atoms with Crippen LogP contribution in [0.5, 0.6) is 0 Å². The number of nitrogens with zero attached hydrogens (tertiary/aromatic N) is 2. The second kappa shape index (κ2) is 6.75. The molecule has 0 amide bonds. The minimum absolute atomic E-state index is 0.377. The van der Waals surface area contributed by atoms with Gasteiger partial charge in [0.05, 0.1) is 5.56 Å². The van der Waals surface area contributed by atoms with E-state index in [1.807, 2.05) is 12.1 Å². The first kappa shape index (κ1) is 16.1. The van der Waals surface area contributed by atoms with Gasteiger partial charge in [-0.3, -0.25) is 0 Å². The highest BCUT2D eigenvalue weighted by atomic mass is 16.4. The molecule has 1 fully saturated rings. The first-order valence-electron chi connectivity index (χ1n) is 8.62. The van der Waals surface area contributed by atoms with Crippen LogP contribution in [-0.2, 0) is 13.0 Å². The van der Waals surface area contributed by atoms with E-state index in [-0.39, 0.29) is 0 Å². The first-order chi connectivity index (χ1) is 11.0. The molecule has 1 aromatic carbocycles. The highest BCUT2D eigenvalue weighted by molar-refractivity contribution is 5.95. The molecule has 4 heteroatoms. The molecular weight excluding hydrogens is 288 g/mol. The van der Waals surface area contributed by atoms with Crippen molar-refractivity contribution in [1.29, 1.82) is 0 Å². The fraction of sp³-hybridized carbons (Fsp3) is 0.526. The Morgan fingerprint density at radius 1 is 1.26 bits per heavy atom. The maximum absolute atomic E-state index is 11.3. The summed E-state index contributed by atoms with van der Waals surface area (Å²) in [5, 5.41) is 10.4. The molecule has 0 radical (unpaired) electrons. The highest BCUT2D eigenvalue weighted by Crippen LogP contribution is 2.25. The predicted molar refractivity (Wildman–Crippen MR) is 93.1 cm³/mol. The number of rotatable bonds is 6. The van der Waals surface area contributed by atoms with E-state index in [9.17, 15) is 9.90 Å². The van der Waals surface area contributed by atoms with E-state index >= 15 is 0 Å². The lowest BCUT2D eigenvalue weighted by atomic mass is 10.1. The van der Waals surface area contributed by atoms with E-state index in [1.54, 1.807) is 6.07 Å². The molecular formula is C19H26N2O2. The zero-order valence-electron chi connectivity index (χ0n) is 14.1. The summed E-state index contributed by atoms with van der Waals surface area (Å²) in [6.45, 7) is 8.85. The number of carbonyl (C=O) groups is 1. The maximum Gasteiger partial charge on any atom is 0.335 e. The molecule has 1 N–H and O–H groups in total. The van der Waals surface area contributed by atoms with Gasteiger partial charge in [0.15, 0.2) is 0 Å². The lowest BCUT2D eigenvalue weighted by molar-refractivity contribution is 0.0697. The van der Waals surface area contributed by atoms with Crippen LogP contribution in [0, 0.1) is 5.92 Å². The van der Waals surface area contributed by atoms with Gasteiger partial charge in [-0.15, -0.1) is 0 Å². The Labute approximate surface area is 137 Å². The summed E-state index contributed by atoms with van der Waals surface area (Å²) in [7, 11) is 0. The molecule has 23 heavy (non-hydrogen) atoms. The third-order valence-corrected chi connectivity index (χ3v) is 4.67. The Morgan fingerprint density at radius 3 is 2.65 bits per heavy atom. The number of carboxylic acids is 1. The van der Waals surface area contributed by atoms with E-state index in [2.05, 4.69) is 29.5 Å². The Morgan fingerprint density at radius 2 is 2.00 bits per heavy atom. The molecule has 1 aliphatic rings. The van der Waals surface area contributed by atoms with Crippen molar-refractivity contribution in [2.45, 2.75) is 39.7 Å². The summed E-state index contributed by atoms with van der Waals surface area (Å²) < 4.78 is 2.28. The number of carboxylic acid groups (broad SMARTS) is 1. The number of hydrogen-bond donors (Lipinski definition) is 1. The van der Waals surface area contributed by atoms with Crippen molar-refractivity contribution >= 4 is 16.9 Å². The Kier molecular flexibility index (Phi) is 4.71. The van der Waals surface area contributed by atoms with Crippen LogP contribution in [0.1, 0.15) is 42.6 Å². The van der Waals surface area contributed by atoms with E-state index in [0.717, 1.165) is 30.4 Å². The standard InChI is InChI=1S/C19H26N2O2/c1-14(2)12-21-13-16(7-10-20-8-3-4-9-20)17-11-15(19(22)23)5-6-18(17)21/h5-6,11,13-14H,3-4,7-10,12H2,1-2H3,(H,22,23). The van der Waals surface area contributed by atoms with E-state index in [0.29, 0.717) is 11.5 Å². The van der Waals surface area contributed by atoms with Crippen LogP contribution in [-0.4, -0.2) is 40.2 Å². The van der Waals surface area contributed by atoms with Gasteiger partial charge in [-0.05, 0) is 62.0 Å². The van der Waals surface area contributed by atoms with Crippen molar-refractivity contribution in [3.63, 3.8) is 0 Å². The van der Waals surface area contributed by atoms with Gasteiger partial charge in [-0.1, -0.05) is 13.8 Å². The number of aromatic nitrogens is 1. The fourth-order valence-corrected chi connectivity index (χ4v) is 3.53. The summed E-state index contributed by atoms with van der Waals surface area (Å²) in [4.78, 5) is 13.8. The van der Waals surface area contributed by atoms with Gasteiger partial charge >= 0.3 is 5.97 Å². The molecule has 0 spiro atoms. The second-order valence-electron chi connectivity index (χ2n) is 7.04. The number of hydrogen-bond acceptors (Lipinski definition) is 2. The molecule has 0 saturated carbocycles. The Bertz CT molecular complexity index is 697. The van der Waals surface area contributed by atoms with Crippen molar-refractivity contribution in [3.05, 3.63) is 35.5 Å². The Balaban J connectivity index is 1.92. The molecule has 1 aromatic heterocycles. The van der Waals surface area contributed by atoms with Crippen LogP contribution >= 0.6 is 0 Å². The summed E-state index contributed by atoms with van der Waals surface area (Å²) in [6, 6.07) is 5.51. The van der Waals surface area contributed by atoms with Crippen LogP contribution < -0.4 is 0 Å². The SMILES string of the molecule is CC(C)Cn1cc(CCN2CCCC2)c2cc(C(=O)O)ccc21. The molecule has 4 nitrogen and oxygen atoms in total. The normalized spacial score (nSPS) is 15.8. The van der Waals surface area contributed by atoms with Gasteiger partial charge in [0.1, 0.15) is 0 Å². The van der Waals surface area contributed by atoms with E-state index < -0.39 is 5.97 Å². The predicted octanol–water partition coefficient (Wildman–Crippen LogP) is 3.63. The van der Waals surface area contributed by atoms with Gasteiger partial charge in [0.25, 0.3) is 0 Å². The van der Waals surface area contributed by atoms with Crippen LogP contribution in [0.4, 0.5) is 0 Å². The van der Waals surface area contributed by atoms with Gasteiger partial charge in [0.2, 0.25) is 0 Å². The summed E-state index contributed by atoms with van der Waals surface area (Å²) >= 11 is 0. The van der Waals surface area contributed by atoms with Crippen molar-refractivity contribution < 1.29 is 9.90 Å². The largest absolute Gasteiger partial charge is 0.478 e. The van der Waals surface area contributed by atoms with Gasteiger partial charge in [0, 0.05) is 30.2 Å². The molecule has 0 atom stereocenters. The summed E-state index contributed by atoms with van der Waals surface area (Å²) in [6.07, 6.45) is 5.83. The smallest absolute Gasteiger partial charge is 0.335 e. The molecule has 2 heterocycles. The second-order valence-corrected chi connectivity index (χ2v) is 7.04. The molecule has 3 rings (SSSR count). The van der Waals surface area contributed by atoms with Crippen molar-refractivity contribution in [1.82, 2.24) is 9.47 Å². The third-order valence-electron chi connectivity index (χ3n) is 4.67. The van der Waals surface area contributed by atoms with Crippen LogP contribution in [0.2, 0.25) is 0 Å². The molecule has 0 unspecified atom stereocenters. The summed E-state index contributed by atoms with van der Waals surface area (Å²) in [5.41, 5.74) is 2.80. The minimum atomic E-state index is -0.853. The lowest BCUT2D eigenvalue weighted by Gasteiger charge is -2.13. The summed E-state index contributed by atoms with van der Waals surface area (Å²) in [5.74, 6) is -0.287. The minimum Gasteiger partial charge on any atom is -0.478 e. The molecule has 1 saturated heterocycles. The quantitative estimate of drug-likeness (QED) is 0.885. The van der Waals surface area contributed by atoms with Crippen molar-refractivity contribution in [2.75, 3.05) is 19.6 Å². The Hall–Kier alpha value is -1.81. The van der Waals surface area contributed by atoms with Gasteiger partial charge in [-0.2, -0.15) is 0 Å². The highest BCUT2D eigenvalue weighted by Gasteiger charge is 2.15. The number of fused-ring (bicyclic) bond motifs is 1. The number of benzene rings is 1. The van der Waals surface area contributed by atoms with Gasteiger partial charge < -0.3 is 14.6 Å². The number of aromatic carboxylic acids is 1. The van der Waals surface area contributed by atoms with Crippen LogP contribution in [0.25, 0.3) is 10.9 Å². The molecule has 0 aliphatic carbocycles. The zero-order chi connectivity index (χ0) is 16.4. The first-order valence-corrected chi connectivity index (χ1v) is 8.62. The van der Waals surface area contributed by atoms with Crippen LogP contribution in [0.3, 0.4) is 0 Å². The van der Waals surface area contributed by atoms with E-state index in [1.165, 1.54) is 31.5 Å². The third kappa shape index (κ3) is 3.58. The maximum atomic E-state index is 11.3. The average molecular weight is 314 g/mol. The van der Waals surface area contributed by atoms with Crippen molar-refractivity contribution in [2.24, 2.45) is 5.92 Å². The van der Waals surface area contributed by atoms with Gasteiger partial charge in [-0.25, -0.2) is 4.79 Å². The molecule has 1 aliphatic heterocycles. The van der Waals surface area contributed by atoms with Crippen molar-refractivity contribution in [3.8, 4) is 0 Å². The number of likely N-dealkylation sites (tertiary alicyclic amines) is 1. The zero-order valence-corrected chi connectivity index (χ0v) is 14.1. The molecule has 124 valence electrons. The van der Waals surface area contributed by atoms with Crippen LogP contribution in [0.15, 0.2) is 24.4 Å². The molecule has 2 aromatic rings. The topological polar surface area (TPSA) is 45.5 Å². The lowest BCUT2D eigenvalue weighted by Crippen LogP contribution is -2.21.